The lowest BCUT2D eigenvalue weighted by Crippen LogP contribution is -2.40. The highest BCUT2D eigenvalue weighted by Crippen LogP contribution is 2.23. The van der Waals surface area contributed by atoms with Gasteiger partial charge in [-0.1, -0.05) is 12.1 Å². The van der Waals surface area contributed by atoms with Gasteiger partial charge in [0.05, 0.1) is 33.4 Å². The molecular weight excluding hydrogens is 258 g/mol. The number of benzene rings is 1. The number of ether oxygens (including phenoxy) is 3. The number of nitrogens with zero attached hydrogens (tertiary/aromatic N) is 1. The molecule has 2 rings (SSSR count). The topological polar surface area (TPSA) is 48.0 Å². The van der Waals surface area contributed by atoms with E-state index in [9.17, 15) is 4.79 Å². The van der Waals surface area contributed by atoms with E-state index in [1.807, 2.05) is 24.3 Å². The Balaban J connectivity index is 2.15. The number of morpholine rings is 1. The third kappa shape index (κ3) is 3.71. The van der Waals surface area contributed by atoms with E-state index in [1.54, 1.807) is 7.11 Å². The molecule has 1 atom stereocenters. The van der Waals surface area contributed by atoms with Crippen LogP contribution < -0.4 is 4.74 Å². The van der Waals surface area contributed by atoms with Crippen LogP contribution >= 0.6 is 0 Å². The molecular formula is C15H21NO4. The first kappa shape index (κ1) is 14.8. The fourth-order valence-corrected chi connectivity index (χ4v) is 2.36. The minimum atomic E-state index is -0.298. The van der Waals surface area contributed by atoms with Crippen LogP contribution in [0.5, 0.6) is 5.75 Å². The van der Waals surface area contributed by atoms with Crippen LogP contribution in [-0.2, 0) is 14.3 Å². The van der Waals surface area contributed by atoms with Gasteiger partial charge in [0, 0.05) is 19.6 Å². The van der Waals surface area contributed by atoms with Crippen molar-refractivity contribution in [1.82, 2.24) is 4.90 Å². The number of methoxy groups -OCH3 is 2. The number of carbonyl (C=O) groups excluding carboxylic acids is 1. The van der Waals surface area contributed by atoms with Gasteiger partial charge in [-0.15, -0.1) is 0 Å². The van der Waals surface area contributed by atoms with E-state index in [0.717, 1.165) is 24.4 Å². The van der Waals surface area contributed by atoms with Crippen LogP contribution in [0.25, 0.3) is 0 Å². The molecule has 0 amide bonds. The second kappa shape index (κ2) is 7.26. The molecule has 1 unspecified atom stereocenters. The average molecular weight is 279 g/mol. The third-order valence-electron chi connectivity index (χ3n) is 3.53. The van der Waals surface area contributed by atoms with Crippen LogP contribution in [0.3, 0.4) is 0 Å². The van der Waals surface area contributed by atoms with Gasteiger partial charge in [-0.25, -0.2) is 0 Å². The van der Waals surface area contributed by atoms with Crippen LogP contribution in [0, 0.1) is 0 Å². The molecule has 0 aliphatic carbocycles. The molecule has 1 fully saturated rings. The van der Waals surface area contributed by atoms with Crippen LogP contribution in [-0.4, -0.2) is 57.9 Å². The summed E-state index contributed by atoms with van der Waals surface area (Å²) in [4.78, 5) is 14.3. The SMILES string of the molecule is COC(=O)C(CN1CCOCC1)c1cccc(OC)c1. The van der Waals surface area contributed by atoms with Gasteiger partial charge in [0.15, 0.2) is 0 Å². The van der Waals surface area contributed by atoms with Crippen molar-refractivity contribution in [2.24, 2.45) is 0 Å². The summed E-state index contributed by atoms with van der Waals surface area (Å²) in [5.74, 6) is 0.233. The van der Waals surface area contributed by atoms with Crippen LogP contribution in [0.2, 0.25) is 0 Å². The van der Waals surface area contributed by atoms with Gasteiger partial charge < -0.3 is 14.2 Å². The summed E-state index contributed by atoms with van der Waals surface area (Å²) in [5.41, 5.74) is 0.919. The molecule has 1 saturated heterocycles. The molecule has 1 aromatic carbocycles. The summed E-state index contributed by atoms with van der Waals surface area (Å²) in [5, 5.41) is 0. The summed E-state index contributed by atoms with van der Waals surface area (Å²) in [6.07, 6.45) is 0. The first-order valence-electron chi connectivity index (χ1n) is 6.76. The number of hydrogen-bond acceptors (Lipinski definition) is 5. The van der Waals surface area contributed by atoms with Gasteiger partial charge in [0.25, 0.3) is 0 Å². The lowest BCUT2D eigenvalue weighted by atomic mass is 9.98. The van der Waals surface area contributed by atoms with Crippen molar-refractivity contribution >= 4 is 5.97 Å². The highest BCUT2D eigenvalue weighted by atomic mass is 16.5. The summed E-state index contributed by atoms with van der Waals surface area (Å²) in [7, 11) is 3.04. The Labute approximate surface area is 119 Å². The van der Waals surface area contributed by atoms with Crippen molar-refractivity contribution < 1.29 is 19.0 Å². The van der Waals surface area contributed by atoms with E-state index in [2.05, 4.69) is 4.90 Å². The van der Waals surface area contributed by atoms with E-state index in [-0.39, 0.29) is 11.9 Å². The van der Waals surface area contributed by atoms with E-state index < -0.39 is 0 Å². The second-order valence-corrected chi connectivity index (χ2v) is 4.77. The fourth-order valence-electron chi connectivity index (χ4n) is 2.36. The third-order valence-corrected chi connectivity index (χ3v) is 3.53. The van der Waals surface area contributed by atoms with Crippen molar-refractivity contribution in [3.63, 3.8) is 0 Å². The Morgan fingerprint density at radius 1 is 1.35 bits per heavy atom. The maximum Gasteiger partial charge on any atom is 0.314 e. The zero-order chi connectivity index (χ0) is 14.4. The summed E-state index contributed by atoms with van der Waals surface area (Å²) in [6, 6.07) is 7.59. The van der Waals surface area contributed by atoms with Crippen molar-refractivity contribution in [3.8, 4) is 5.75 Å². The molecule has 1 aromatic rings. The lowest BCUT2D eigenvalue weighted by Gasteiger charge is -2.29. The number of esters is 1. The number of rotatable bonds is 5. The second-order valence-electron chi connectivity index (χ2n) is 4.77. The molecule has 0 saturated carbocycles. The monoisotopic (exact) mass is 279 g/mol. The Kier molecular flexibility index (Phi) is 5.38. The van der Waals surface area contributed by atoms with Crippen LogP contribution in [0.1, 0.15) is 11.5 Å². The van der Waals surface area contributed by atoms with Gasteiger partial charge in [0.1, 0.15) is 5.75 Å². The van der Waals surface area contributed by atoms with E-state index >= 15 is 0 Å². The minimum absolute atomic E-state index is 0.218. The van der Waals surface area contributed by atoms with E-state index in [0.29, 0.717) is 19.8 Å². The molecule has 5 nitrogen and oxygen atoms in total. The molecule has 1 aliphatic heterocycles. The van der Waals surface area contributed by atoms with Crippen molar-refractivity contribution in [3.05, 3.63) is 29.8 Å². The fraction of sp³-hybridized carbons (Fsp3) is 0.533. The van der Waals surface area contributed by atoms with Crippen molar-refractivity contribution in [2.75, 3.05) is 47.1 Å². The van der Waals surface area contributed by atoms with Crippen molar-refractivity contribution in [1.29, 1.82) is 0 Å². The van der Waals surface area contributed by atoms with Crippen LogP contribution in [0.15, 0.2) is 24.3 Å². The average Bonchev–Trinajstić information content (AvgIpc) is 2.53. The smallest absolute Gasteiger partial charge is 0.314 e. The molecule has 0 spiro atoms. The first-order valence-corrected chi connectivity index (χ1v) is 6.76. The van der Waals surface area contributed by atoms with Gasteiger partial charge in [-0.2, -0.15) is 0 Å². The number of carbonyl (C=O) groups is 1. The highest BCUT2D eigenvalue weighted by Gasteiger charge is 2.25. The zero-order valence-corrected chi connectivity index (χ0v) is 12.0. The quantitative estimate of drug-likeness (QED) is 0.760. The molecule has 0 radical (unpaired) electrons. The summed E-state index contributed by atoms with van der Waals surface area (Å²) >= 11 is 0. The summed E-state index contributed by atoms with van der Waals surface area (Å²) in [6.45, 7) is 3.76. The molecule has 0 N–H and O–H groups in total. The Hall–Kier alpha value is -1.59. The van der Waals surface area contributed by atoms with Gasteiger partial charge >= 0.3 is 5.97 Å². The van der Waals surface area contributed by atoms with Gasteiger partial charge in [-0.3, -0.25) is 9.69 Å². The maximum atomic E-state index is 12.1. The predicted octanol–water partition coefficient (Wildman–Crippen LogP) is 1.28. The molecule has 0 aromatic heterocycles. The molecule has 1 heterocycles. The largest absolute Gasteiger partial charge is 0.497 e. The minimum Gasteiger partial charge on any atom is -0.497 e. The molecule has 110 valence electrons. The summed E-state index contributed by atoms with van der Waals surface area (Å²) < 4.78 is 15.5. The molecule has 1 aliphatic rings. The zero-order valence-electron chi connectivity index (χ0n) is 12.0. The molecule has 20 heavy (non-hydrogen) atoms. The number of hydrogen-bond donors (Lipinski definition) is 0. The Morgan fingerprint density at radius 2 is 2.10 bits per heavy atom. The maximum absolute atomic E-state index is 12.1. The predicted molar refractivity (Wildman–Crippen MR) is 75.0 cm³/mol. The highest BCUT2D eigenvalue weighted by molar-refractivity contribution is 5.78. The van der Waals surface area contributed by atoms with Crippen molar-refractivity contribution in [2.45, 2.75) is 5.92 Å². The van der Waals surface area contributed by atoms with E-state index in [1.165, 1.54) is 7.11 Å². The van der Waals surface area contributed by atoms with E-state index in [4.69, 9.17) is 14.2 Å². The lowest BCUT2D eigenvalue weighted by molar-refractivity contribution is -0.143. The first-order chi connectivity index (χ1) is 9.74. The Bertz CT molecular complexity index is 443. The normalized spacial score (nSPS) is 17.5. The Morgan fingerprint density at radius 3 is 2.75 bits per heavy atom. The molecule has 5 heteroatoms. The standard InChI is InChI=1S/C15H21NO4/c1-18-13-5-3-4-12(10-13)14(15(17)19-2)11-16-6-8-20-9-7-16/h3-5,10,14H,6-9,11H2,1-2H3. The van der Waals surface area contributed by atoms with Crippen LogP contribution in [0.4, 0.5) is 0 Å². The van der Waals surface area contributed by atoms with Gasteiger partial charge in [0.2, 0.25) is 0 Å². The molecule has 0 bridgehead atoms. The van der Waals surface area contributed by atoms with Gasteiger partial charge in [-0.05, 0) is 17.7 Å².